The van der Waals surface area contributed by atoms with E-state index < -0.39 is 0 Å². The van der Waals surface area contributed by atoms with E-state index in [0.29, 0.717) is 5.69 Å². The molecule has 1 N–H and O–H groups in total. The monoisotopic (exact) mass is 242 g/mol. The van der Waals surface area contributed by atoms with Crippen molar-refractivity contribution in [1.82, 2.24) is 4.98 Å². The topological polar surface area (TPSA) is 42.0 Å². The third-order valence-electron chi connectivity index (χ3n) is 2.20. The van der Waals surface area contributed by atoms with Crippen LogP contribution in [0.5, 0.6) is 0 Å². The van der Waals surface area contributed by atoms with Crippen LogP contribution in [0.25, 0.3) is 6.08 Å². The van der Waals surface area contributed by atoms with Crippen LogP contribution in [0.1, 0.15) is 5.56 Å². The van der Waals surface area contributed by atoms with E-state index in [9.17, 15) is 9.18 Å². The fourth-order valence-electron chi connectivity index (χ4n) is 1.40. The van der Waals surface area contributed by atoms with Crippen molar-refractivity contribution in [3.05, 3.63) is 66.2 Å². The van der Waals surface area contributed by atoms with Gasteiger partial charge in [-0.05, 0) is 35.9 Å². The molecule has 0 spiro atoms. The Morgan fingerprint density at radius 3 is 2.89 bits per heavy atom. The van der Waals surface area contributed by atoms with E-state index in [4.69, 9.17) is 0 Å². The predicted octanol–water partition coefficient (Wildman–Crippen LogP) is 2.87. The normalized spacial score (nSPS) is 10.5. The number of anilines is 1. The van der Waals surface area contributed by atoms with Crippen LogP contribution in [0.2, 0.25) is 0 Å². The van der Waals surface area contributed by atoms with Crippen LogP contribution in [0.15, 0.2) is 54.9 Å². The minimum atomic E-state index is -0.385. The van der Waals surface area contributed by atoms with Crippen molar-refractivity contribution in [2.45, 2.75) is 0 Å². The molecule has 1 aromatic heterocycles. The second-order valence-electron chi connectivity index (χ2n) is 3.62. The molecule has 0 saturated heterocycles. The molecule has 1 heterocycles. The molecule has 18 heavy (non-hydrogen) atoms. The average Bonchev–Trinajstić information content (AvgIpc) is 2.38. The van der Waals surface area contributed by atoms with Crippen LogP contribution < -0.4 is 5.32 Å². The van der Waals surface area contributed by atoms with Gasteiger partial charge < -0.3 is 5.32 Å². The van der Waals surface area contributed by atoms with Gasteiger partial charge in [-0.1, -0.05) is 12.1 Å². The fourth-order valence-corrected chi connectivity index (χ4v) is 1.40. The van der Waals surface area contributed by atoms with Crippen molar-refractivity contribution >= 4 is 17.7 Å². The first-order chi connectivity index (χ1) is 8.74. The number of hydrogen-bond donors (Lipinski definition) is 1. The van der Waals surface area contributed by atoms with Crippen molar-refractivity contribution in [3.63, 3.8) is 0 Å². The molecular formula is C14H11FN2O. The first kappa shape index (κ1) is 12.0. The Kier molecular flexibility index (Phi) is 3.81. The first-order valence-electron chi connectivity index (χ1n) is 5.39. The number of hydrogen-bond acceptors (Lipinski definition) is 2. The minimum Gasteiger partial charge on any atom is -0.322 e. The largest absolute Gasteiger partial charge is 0.322 e. The summed E-state index contributed by atoms with van der Waals surface area (Å²) < 4.78 is 12.9. The maximum Gasteiger partial charge on any atom is 0.248 e. The lowest BCUT2D eigenvalue weighted by molar-refractivity contribution is -0.111. The van der Waals surface area contributed by atoms with Gasteiger partial charge >= 0.3 is 0 Å². The maximum absolute atomic E-state index is 12.9. The van der Waals surface area contributed by atoms with Crippen molar-refractivity contribution in [3.8, 4) is 0 Å². The molecule has 90 valence electrons. The van der Waals surface area contributed by atoms with E-state index in [0.717, 1.165) is 5.56 Å². The van der Waals surface area contributed by atoms with Crippen LogP contribution >= 0.6 is 0 Å². The van der Waals surface area contributed by atoms with Crippen LogP contribution in [0.3, 0.4) is 0 Å². The fraction of sp³-hybridized carbons (Fsp3) is 0. The molecule has 3 nitrogen and oxygen atoms in total. The molecule has 1 aromatic carbocycles. The van der Waals surface area contributed by atoms with Gasteiger partial charge in [-0.2, -0.15) is 0 Å². The molecule has 0 aliphatic carbocycles. The van der Waals surface area contributed by atoms with Crippen molar-refractivity contribution in [2.24, 2.45) is 0 Å². The number of carbonyl (C=O) groups is 1. The van der Waals surface area contributed by atoms with E-state index in [-0.39, 0.29) is 11.7 Å². The summed E-state index contributed by atoms with van der Waals surface area (Å²) in [7, 11) is 0. The number of aromatic nitrogens is 1. The lowest BCUT2D eigenvalue weighted by Crippen LogP contribution is -2.07. The van der Waals surface area contributed by atoms with Crippen LogP contribution in [-0.4, -0.2) is 10.9 Å². The van der Waals surface area contributed by atoms with E-state index in [2.05, 4.69) is 10.3 Å². The quantitative estimate of drug-likeness (QED) is 0.841. The number of nitrogens with zero attached hydrogens (tertiary/aromatic N) is 1. The van der Waals surface area contributed by atoms with Crippen molar-refractivity contribution in [1.29, 1.82) is 0 Å². The van der Waals surface area contributed by atoms with Crippen molar-refractivity contribution < 1.29 is 9.18 Å². The second-order valence-corrected chi connectivity index (χ2v) is 3.62. The molecule has 4 heteroatoms. The van der Waals surface area contributed by atoms with E-state index >= 15 is 0 Å². The van der Waals surface area contributed by atoms with Gasteiger partial charge in [-0.3, -0.25) is 9.78 Å². The summed E-state index contributed by atoms with van der Waals surface area (Å²) in [5, 5.41) is 2.57. The standard InChI is InChI=1S/C14H11FN2O/c15-12-4-1-5-13(9-12)17-14(18)7-6-11-3-2-8-16-10-11/h1-10H,(H,17,18)/b7-6+. The number of nitrogens with one attached hydrogen (secondary N) is 1. The Bertz CT molecular complexity index is 567. The second kappa shape index (κ2) is 5.72. The third kappa shape index (κ3) is 3.52. The van der Waals surface area contributed by atoms with E-state index in [1.165, 1.54) is 24.3 Å². The zero-order valence-corrected chi connectivity index (χ0v) is 9.51. The van der Waals surface area contributed by atoms with Crippen molar-refractivity contribution in [2.75, 3.05) is 5.32 Å². The predicted molar refractivity (Wildman–Crippen MR) is 68.3 cm³/mol. The highest BCUT2D eigenvalue weighted by atomic mass is 19.1. The maximum atomic E-state index is 12.9. The molecule has 2 rings (SSSR count). The van der Waals surface area contributed by atoms with Gasteiger partial charge in [0.05, 0.1) is 0 Å². The molecule has 0 aliphatic heterocycles. The van der Waals surface area contributed by atoms with Crippen LogP contribution in [0.4, 0.5) is 10.1 Å². The summed E-state index contributed by atoms with van der Waals surface area (Å²) >= 11 is 0. The molecule has 0 atom stereocenters. The first-order valence-corrected chi connectivity index (χ1v) is 5.39. The number of rotatable bonds is 3. The molecule has 0 unspecified atom stereocenters. The molecular weight excluding hydrogens is 231 g/mol. The third-order valence-corrected chi connectivity index (χ3v) is 2.20. The Hall–Kier alpha value is -2.49. The van der Waals surface area contributed by atoms with E-state index in [1.54, 1.807) is 30.6 Å². The zero-order chi connectivity index (χ0) is 12.8. The highest BCUT2D eigenvalue weighted by Gasteiger charge is 1.98. The number of amides is 1. The van der Waals surface area contributed by atoms with Gasteiger partial charge in [0, 0.05) is 24.2 Å². The summed E-state index contributed by atoms with van der Waals surface area (Å²) in [5.41, 5.74) is 1.25. The summed E-state index contributed by atoms with van der Waals surface area (Å²) in [6, 6.07) is 9.36. The molecule has 0 aliphatic rings. The molecule has 1 amide bonds. The molecule has 0 fully saturated rings. The molecule has 0 radical (unpaired) electrons. The Morgan fingerprint density at radius 2 is 2.17 bits per heavy atom. The van der Waals surface area contributed by atoms with Gasteiger partial charge in [0.2, 0.25) is 5.91 Å². The van der Waals surface area contributed by atoms with Gasteiger partial charge in [0.25, 0.3) is 0 Å². The minimum absolute atomic E-state index is 0.315. The zero-order valence-electron chi connectivity index (χ0n) is 9.51. The molecule has 2 aromatic rings. The smallest absolute Gasteiger partial charge is 0.248 e. The molecule has 0 bridgehead atoms. The Balaban J connectivity index is 1.99. The average molecular weight is 242 g/mol. The highest BCUT2D eigenvalue weighted by Crippen LogP contribution is 2.09. The summed E-state index contributed by atoms with van der Waals surface area (Å²) in [5.74, 6) is -0.700. The number of benzene rings is 1. The van der Waals surface area contributed by atoms with Crippen LogP contribution in [0, 0.1) is 5.82 Å². The number of carbonyl (C=O) groups excluding carboxylic acids is 1. The van der Waals surface area contributed by atoms with Gasteiger partial charge in [0.1, 0.15) is 5.82 Å². The summed E-state index contributed by atoms with van der Waals surface area (Å²) in [6.07, 6.45) is 6.32. The summed E-state index contributed by atoms with van der Waals surface area (Å²) in [6.45, 7) is 0. The van der Waals surface area contributed by atoms with Gasteiger partial charge in [-0.25, -0.2) is 4.39 Å². The molecule has 0 saturated carbocycles. The SMILES string of the molecule is O=C(/C=C/c1cccnc1)Nc1cccc(F)c1. The lowest BCUT2D eigenvalue weighted by atomic mass is 10.2. The van der Waals surface area contributed by atoms with Gasteiger partial charge in [-0.15, -0.1) is 0 Å². The van der Waals surface area contributed by atoms with Gasteiger partial charge in [0.15, 0.2) is 0 Å². The van der Waals surface area contributed by atoms with Crippen LogP contribution in [-0.2, 0) is 4.79 Å². The number of pyridine rings is 1. The number of halogens is 1. The summed E-state index contributed by atoms with van der Waals surface area (Å²) in [4.78, 5) is 15.5. The van der Waals surface area contributed by atoms with E-state index in [1.807, 2.05) is 6.07 Å². The Morgan fingerprint density at radius 1 is 1.28 bits per heavy atom. The highest BCUT2D eigenvalue weighted by molar-refractivity contribution is 6.01. The Labute approximate surface area is 104 Å². The lowest BCUT2D eigenvalue weighted by Gasteiger charge is -2.01.